The van der Waals surface area contributed by atoms with E-state index >= 15 is 0 Å². The minimum atomic E-state index is -0.452. The maximum Gasteiger partial charge on any atom is 0.250 e. The third kappa shape index (κ3) is 7.88. The summed E-state index contributed by atoms with van der Waals surface area (Å²) in [5, 5.41) is 14.2. The number of aromatic nitrogens is 1. The number of halogens is 1. The number of fused-ring (bicyclic) bond motifs is 1. The number of ether oxygens (including phenoxy) is 2. The highest BCUT2D eigenvalue weighted by Crippen LogP contribution is 2.32. The molecule has 0 aliphatic rings. The molecule has 0 aliphatic carbocycles. The van der Waals surface area contributed by atoms with E-state index in [0.29, 0.717) is 54.8 Å². The van der Waals surface area contributed by atoms with E-state index in [4.69, 9.17) is 31.9 Å². The zero-order valence-corrected chi connectivity index (χ0v) is 22.4. The molecule has 0 spiro atoms. The second kappa shape index (κ2) is 12.5. The summed E-state index contributed by atoms with van der Waals surface area (Å²) in [6, 6.07) is 11.5. The molecule has 3 aromatic rings. The van der Waals surface area contributed by atoms with Gasteiger partial charge in [-0.25, -0.2) is 0 Å². The van der Waals surface area contributed by atoms with E-state index in [9.17, 15) is 4.79 Å². The van der Waals surface area contributed by atoms with E-state index in [0.717, 1.165) is 22.9 Å². The molecule has 36 heavy (non-hydrogen) atoms. The molecule has 1 atom stereocenters. The summed E-state index contributed by atoms with van der Waals surface area (Å²) in [6.07, 6.45) is 3.29. The van der Waals surface area contributed by atoms with Crippen LogP contribution in [0.2, 0.25) is 5.02 Å². The molecule has 0 bridgehead atoms. The summed E-state index contributed by atoms with van der Waals surface area (Å²) in [7, 11) is 0. The average molecular weight is 516 g/mol. The van der Waals surface area contributed by atoms with Crippen LogP contribution in [0.4, 0.5) is 0 Å². The van der Waals surface area contributed by atoms with Crippen molar-refractivity contribution < 1.29 is 19.4 Å². The Bertz CT molecular complexity index is 1170. The Balaban J connectivity index is 1.58. The second-order valence-corrected chi connectivity index (χ2v) is 10.8. The number of nitrogens with one attached hydrogen (secondary N) is 1. The highest BCUT2D eigenvalue weighted by atomic mass is 35.5. The first-order valence-corrected chi connectivity index (χ1v) is 12.8. The largest absolute Gasteiger partial charge is 0.489 e. The van der Waals surface area contributed by atoms with Crippen LogP contribution in [0.5, 0.6) is 11.5 Å². The van der Waals surface area contributed by atoms with Crippen LogP contribution in [-0.2, 0) is 13.0 Å². The number of nitrogens with zero attached hydrogens (tertiary/aromatic N) is 1. The van der Waals surface area contributed by atoms with Gasteiger partial charge in [0.2, 0.25) is 0 Å². The van der Waals surface area contributed by atoms with Crippen LogP contribution in [0.3, 0.4) is 0 Å². The molecule has 196 valence electrons. The summed E-state index contributed by atoms with van der Waals surface area (Å²) >= 11 is 6.15. The quantitative estimate of drug-likeness (QED) is 0.284. The Kier molecular flexibility index (Phi) is 9.65. The van der Waals surface area contributed by atoms with Crippen LogP contribution in [0.1, 0.15) is 50.0 Å². The van der Waals surface area contributed by atoms with Gasteiger partial charge in [-0.05, 0) is 61.1 Å². The molecule has 1 aromatic heterocycles. The molecule has 1 amide bonds. The van der Waals surface area contributed by atoms with Crippen molar-refractivity contribution in [1.82, 2.24) is 9.88 Å². The van der Waals surface area contributed by atoms with E-state index < -0.39 is 5.91 Å². The molecule has 1 heterocycles. The fraction of sp³-hybridized carbons (Fsp3) is 0.464. The summed E-state index contributed by atoms with van der Waals surface area (Å²) in [5.74, 6) is 0.858. The fourth-order valence-electron chi connectivity index (χ4n) is 4.04. The van der Waals surface area contributed by atoms with Gasteiger partial charge >= 0.3 is 0 Å². The zero-order valence-electron chi connectivity index (χ0n) is 21.6. The van der Waals surface area contributed by atoms with Gasteiger partial charge in [0.25, 0.3) is 5.91 Å². The number of hydrogen-bond donors (Lipinski definition) is 3. The molecular weight excluding hydrogens is 478 g/mol. The maximum atomic E-state index is 12.2. The SMILES string of the molecule is CC(Cc1cc(C(N)=O)c2c(ccn2CCCO)c1)NCCOc1ccc(Cl)cc1OCC(C)(C)C. The smallest absolute Gasteiger partial charge is 0.250 e. The first-order chi connectivity index (χ1) is 17.1. The van der Waals surface area contributed by atoms with Crippen molar-refractivity contribution in [2.24, 2.45) is 11.1 Å². The Morgan fingerprint density at radius 2 is 1.94 bits per heavy atom. The van der Waals surface area contributed by atoms with Gasteiger partial charge in [-0.3, -0.25) is 4.79 Å². The Hall–Kier alpha value is -2.74. The summed E-state index contributed by atoms with van der Waals surface area (Å²) < 4.78 is 13.9. The molecule has 0 fully saturated rings. The van der Waals surface area contributed by atoms with Crippen molar-refractivity contribution in [2.75, 3.05) is 26.4 Å². The van der Waals surface area contributed by atoms with Crippen molar-refractivity contribution in [3.8, 4) is 11.5 Å². The van der Waals surface area contributed by atoms with Gasteiger partial charge in [0.05, 0.1) is 17.7 Å². The van der Waals surface area contributed by atoms with Crippen LogP contribution in [-0.4, -0.2) is 48.0 Å². The monoisotopic (exact) mass is 515 g/mol. The molecule has 2 aromatic carbocycles. The number of primary amides is 1. The second-order valence-electron chi connectivity index (χ2n) is 10.4. The number of amides is 1. The number of aryl methyl sites for hydroxylation is 1. The highest BCUT2D eigenvalue weighted by Gasteiger charge is 2.16. The first kappa shape index (κ1) is 27.8. The molecule has 7 nitrogen and oxygen atoms in total. The van der Waals surface area contributed by atoms with Gasteiger partial charge in [-0.2, -0.15) is 0 Å². The first-order valence-electron chi connectivity index (χ1n) is 12.4. The minimum absolute atomic E-state index is 0.0238. The Morgan fingerprint density at radius 1 is 1.17 bits per heavy atom. The summed E-state index contributed by atoms with van der Waals surface area (Å²) in [5.41, 5.74) is 8.09. The predicted octanol–water partition coefficient (Wildman–Crippen LogP) is 4.80. The number of aliphatic hydroxyl groups is 1. The van der Waals surface area contributed by atoms with Gasteiger partial charge in [0.1, 0.15) is 6.61 Å². The Labute approximate surface area is 218 Å². The minimum Gasteiger partial charge on any atom is -0.489 e. The standard InChI is InChI=1S/C28H38ClN3O4/c1-19(31-9-13-35-24-7-6-22(29)17-25(24)36-18-28(2,3)4)14-20-15-21-8-11-32(10-5-12-33)26(21)23(16-20)27(30)34/h6-8,11,15-17,19,31,33H,5,9-10,12-14,18H2,1-4H3,(H2,30,34). The van der Waals surface area contributed by atoms with Gasteiger partial charge in [-0.1, -0.05) is 32.4 Å². The van der Waals surface area contributed by atoms with Crippen LogP contribution < -0.4 is 20.5 Å². The van der Waals surface area contributed by atoms with Crippen molar-refractivity contribution >= 4 is 28.4 Å². The lowest BCUT2D eigenvalue weighted by atomic mass is 9.99. The molecule has 0 saturated heterocycles. The number of carbonyl (C=O) groups excluding carboxylic acids is 1. The van der Waals surface area contributed by atoms with E-state index in [1.165, 1.54) is 0 Å². The Morgan fingerprint density at radius 3 is 2.64 bits per heavy atom. The molecule has 0 aliphatic heterocycles. The van der Waals surface area contributed by atoms with Gasteiger partial charge in [0, 0.05) is 48.4 Å². The van der Waals surface area contributed by atoms with Crippen molar-refractivity contribution in [3.63, 3.8) is 0 Å². The molecule has 1 unspecified atom stereocenters. The topological polar surface area (TPSA) is 98.7 Å². The summed E-state index contributed by atoms with van der Waals surface area (Å²) in [4.78, 5) is 12.2. The molecule has 0 saturated carbocycles. The van der Waals surface area contributed by atoms with Gasteiger partial charge in [-0.15, -0.1) is 0 Å². The van der Waals surface area contributed by atoms with Crippen LogP contribution >= 0.6 is 11.6 Å². The molecule has 0 radical (unpaired) electrons. The van der Waals surface area contributed by atoms with Crippen molar-refractivity contribution in [1.29, 1.82) is 0 Å². The highest BCUT2D eigenvalue weighted by molar-refractivity contribution is 6.30. The van der Waals surface area contributed by atoms with E-state index in [2.05, 4.69) is 39.1 Å². The molecule has 4 N–H and O–H groups in total. The lowest BCUT2D eigenvalue weighted by Crippen LogP contribution is -2.32. The third-order valence-corrected chi connectivity index (χ3v) is 5.94. The zero-order chi connectivity index (χ0) is 26.3. The van der Waals surface area contributed by atoms with E-state index in [1.54, 1.807) is 12.1 Å². The molecule has 8 heteroatoms. The normalized spacial score (nSPS) is 12.6. The number of aliphatic hydroxyl groups excluding tert-OH is 1. The molecule has 3 rings (SSSR count). The van der Waals surface area contributed by atoms with Gasteiger partial charge < -0.3 is 30.2 Å². The van der Waals surface area contributed by atoms with E-state index in [1.807, 2.05) is 29.0 Å². The number of carbonyl (C=O) groups is 1. The lowest BCUT2D eigenvalue weighted by molar-refractivity contribution is 0.100. The molecular formula is C28H38ClN3O4. The van der Waals surface area contributed by atoms with Crippen molar-refractivity contribution in [2.45, 2.75) is 53.1 Å². The predicted molar refractivity (Wildman–Crippen MR) is 145 cm³/mol. The summed E-state index contributed by atoms with van der Waals surface area (Å²) in [6.45, 7) is 10.8. The van der Waals surface area contributed by atoms with Crippen molar-refractivity contribution in [3.05, 3.63) is 58.7 Å². The van der Waals surface area contributed by atoms with Crippen LogP contribution in [0.15, 0.2) is 42.6 Å². The number of benzene rings is 2. The number of nitrogens with two attached hydrogens (primary N) is 1. The van der Waals surface area contributed by atoms with Crippen LogP contribution in [0.25, 0.3) is 10.9 Å². The lowest BCUT2D eigenvalue weighted by Gasteiger charge is -2.21. The maximum absolute atomic E-state index is 12.2. The average Bonchev–Trinajstić information content (AvgIpc) is 3.21. The third-order valence-electron chi connectivity index (χ3n) is 5.70. The fourth-order valence-corrected chi connectivity index (χ4v) is 4.21. The number of hydrogen-bond acceptors (Lipinski definition) is 5. The number of rotatable bonds is 13. The van der Waals surface area contributed by atoms with E-state index in [-0.39, 0.29) is 18.1 Å². The van der Waals surface area contributed by atoms with Crippen LogP contribution in [0, 0.1) is 5.41 Å². The van der Waals surface area contributed by atoms with Gasteiger partial charge in [0.15, 0.2) is 11.5 Å².